The highest BCUT2D eigenvalue weighted by Crippen LogP contribution is 2.29. The molecular formula is C30H58O11. The van der Waals surface area contributed by atoms with Crippen molar-refractivity contribution in [3.05, 3.63) is 0 Å². The van der Waals surface area contributed by atoms with Gasteiger partial charge in [0.25, 0.3) is 0 Å². The van der Waals surface area contributed by atoms with E-state index >= 15 is 0 Å². The zero-order chi connectivity index (χ0) is 30.0. The number of ether oxygens (including phenoxy) is 4. The maximum atomic E-state index is 10.7. The number of aliphatic hydroxyl groups excluding tert-OH is 7. The average Bonchev–Trinajstić information content (AvgIpc) is 2.98. The molecule has 2 aliphatic heterocycles. The van der Waals surface area contributed by atoms with Crippen molar-refractivity contribution in [1.29, 1.82) is 0 Å². The normalized spacial score (nSPS) is 34.2. The summed E-state index contributed by atoms with van der Waals surface area (Å²) >= 11 is 0. The average molecular weight is 595 g/mol. The van der Waals surface area contributed by atoms with Crippen LogP contribution in [0.1, 0.15) is 110 Å². The summed E-state index contributed by atoms with van der Waals surface area (Å²) in [7, 11) is 0. The number of hydrogen-bond donors (Lipinski definition) is 7. The van der Waals surface area contributed by atoms with Gasteiger partial charge in [-0.2, -0.15) is 0 Å². The van der Waals surface area contributed by atoms with Crippen LogP contribution in [0.4, 0.5) is 0 Å². The minimum absolute atomic E-state index is 0.323. The van der Waals surface area contributed by atoms with Gasteiger partial charge in [-0.1, -0.05) is 103 Å². The van der Waals surface area contributed by atoms with Crippen LogP contribution >= 0.6 is 0 Å². The maximum Gasteiger partial charge on any atom is 0.187 e. The fourth-order valence-electron chi connectivity index (χ4n) is 5.54. The molecule has 0 aromatic heterocycles. The van der Waals surface area contributed by atoms with Gasteiger partial charge in [0, 0.05) is 6.61 Å². The monoisotopic (exact) mass is 594 g/mol. The topological polar surface area (TPSA) is 179 Å². The van der Waals surface area contributed by atoms with E-state index in [9.17, 15) is 35.7 Å². The van der Waals surface area contributed by atoms with E-state index in [2.05, 4.69) is 6.92 Å². The van der Waals surface area contributed by atoms with Crippen LogP contribution in [0, 0.1) is 0 Å². The second-order valence-electron chi connectivity index (χ2n) is 11.7. The second-order valence-corrected chi connectivity index (χ2v) is 11.7. The molecule has 244 valence electrons. The van der Waals surface area contributed by atoms with Crippen molar-refractivity contribution in [1.82, 2.24) is 0 Å². The van der Waals surface area contributed by atoms with Gasteiger partial charge in [0.2, 0.25) is 0 Å². The second kappa shape index (κ2) is 21.3. The minimum atomic E-state index is -1.69. The van der Waals surface area contributed by atoms with Gasteiger partial charge in [0.15, 0.2) is 12.6 Å². The quantitative estimate of drug-likeness (QED) is 0.0910. The highest BCUT2D eigenvalue weighted by atomic mass is 16.7. The third-order valence-corrected chi connectivity index (χ3v) is 8.24. The molecule has 11 nitrogen and oxygen atoms in total. The van der Waals surface area contributed by atoms with E-state index in [4.69, 9.17) is 18.9 Å². The van der Waals surface area contributed by atoms with Crippen molar-refractivity contribution >= 4 is 0 Å². The van der Waals surface area contributed by atoms with Crippen LogP contribution in [-0.4, -0.2) is 117 Å². The molecule has 0 aromatic rings. The van der Waals surface area contributed by atoms with Crippen molar-refractivity contribution in [3.63, 3.8) is 0 Å². The van der Waals surface area contributed by atoms with Crippen molar-refractivity contribution in [2.24, 2.45) is 0 Å². The first-order valence-electron chi connectivity index (χ1n) is 16.1. The van der Waals surface area contributed by atoms with Crippen molar-refractivity contribution in [2.75, 3.05) is 19.8 Å². The molecule has 2 fully saturated rings. The van der Waals surface area contributed by atoms with Crippen LogP contribution in [0.15, 0.2) is 0 Å². The summed E-state index contributed by atoms with van der Waals surface area (Å²) in [6.07, 6.45) is 5.82. The molecular weight excluding hydrogens is 536 g/mol. The fourth-order valence-corrected chi connectivity index (χ4v) is 5.54. The van der Waals surface area contributed by atoms with E-state index < -0.39 is 74.6 Å². The lowest BCUT2D eigenvalue weighted by Gasteiger charge is -2.45. The molecule has 2 heterocycles. The summed E-state index contributed by atoms with van der Waals surface area (Å²) in [5.74, 6) is 0. The summed E-state index contributed by atoms with van der Waals surface area (Å²) in [6.45, 7) is 1.35. The van der Waals surface area contributed by atoms with Crippen LogP contribution in [0.3, 0.4) is 0 Å². The summed E-state index contributed by atoms with van der Waals surface area (Å²) < 4.78 is 22.2. The van der Waals surface area contributed by atoms with Crippen molar-refractivity contribution < 1.29 is 54.7 Å². The molecule has 10 atom stereocenters. The van der Waals surface area contributed by atoms with E-state index in [1.54, 1.807) is 0 Å². The maximum absolute atomic E-state index is 10.7. The molecule has 0 aromatic carbocycles. The molecule has 41 heavy (non-hydrogen) atoms. The summed E-state index contributed by atoms with van der Waals surface area (Å²) in [5.41, 5.74) is 0. The summed E-state index contributed by atoms with van der Waals surface area (Å²) in [5, 5.41) is 70.5. The Morgan fingerprint density at radius 2 is 0.927 bits per heavy atom. The Morgan fingerprint density at radius 1 is 0.488 bits per heavy atom. The predicted octanol–water partition coefficient (Wildman–Crippen LogP) is 1.89. The first kappa shape index (κ1) is 36.8. The minimum Gasteiger partial charge on any atom is -0.394 e. The third-order valence-electron chi connectivity index (χ3n) is 8.24. The molecule has 7 N–H and O–H groups in total. The molecule has 2 aliphatic rings. The Labute approximate surface area is 245 Å². The largest absolute Gasteiger partial charge is 0.394 e. The molecule has 0 unspecified atom stereocenters. The zero-order valence-electron chi connectivity index (χ0n) is 25.0. The molecule has 0 saturated carbocycles. The third kappa shape index (κ3) is 12.6. The van der Waals surface area contributed by atoms with Gasteiger partial charge in [0.1, 0.15) is 48.8 Å². The van der Waals surface area contributed by atoms with Gasteiger partial charge < -0.3 is 54.7 Å². The Balaban J connectivity index is 1.56. The highest BCUT2D eigenvalue weighted by molar-refractivity contribution is 4.94. The standard InChI is InChI=1S/C30H58O11/c1-2-3-4-5-6-7-8-9-10-11-12-13-14-15-16-17-18-38-29-27(37)25(35)28(22(20-32)40-29)41-30-26(36)24(34)23(33)21(19-31)39-30/h21-37H,2-20H2,1H3/t21-,22-,23+,24+,25-,26-,27-,28-,29+,30+/m1/s1. The summed E-state index contributed by atoms with van der Waals surface area (Å²) in [6, 6.07) is 0. The van der Waals surface area contributed by atoms with E-state index in [0.717, 1.165) is 19.3 Å². The van der Waals surface area contributed by atoms with E-state index in [-0.39, 0.29) is 0 Å². The van der Waals surface area contributed by atoms with Gasteiger partial charge in [-0.05, 0) is 6.42 Å². The van der Waals surface area contributed by atoms with Crippen LogP contribution in [0.25, 0.3) is 0 Å². The molecule has 0 aliphatic carbocycles. The number of unbranched alkanes of at least 4 members (excludes halogenated alkanes) is 15. The Hall–Kier alpha value is -0.440. The van der Waals surface area contributed by atoms with Crippen molar-refractivity contribution in [2.45, 2.75) is 171 Å². The SMILES string of the molecule is CCCCCCCCCCCCCCCCCCO[C@H]1O[C@H](CO)[C@@H](O[C@@H]2O[C@H](CO)[C@H](O)[C@H](O)[C@H]2O)[C@H](O)[C@H]1O. The van der Waals surface area contributed by atoms with Crippen LogP contribution in [0.2, 0.25) is 0 Å². The van der Waals surface area contributed by atoms with Crippen LogP contribution in [0.5, 0.6) is 0 Å². The molecule has 0 radical (unpaired) electrons. The molecule has 0 bridgehead atoms. The molecule has 0 spiro atoms. The number of hydrogen-bond acceptors (Lipinski definition) is 11. The molecule has 11 heteroatoms. The van der Waals surface area contributed by atoms with Crippen LogP contribution < -0.4 is 0 Å². The Bertz CT molecular complexity index is 638. The van der Waals surface area contributed by atoms with Gasteiger partial charge in [-0.3, -0.25) is 0 Å². The molecule has 0 amide bonds. The first-order chi connectivity index (χ1) is 19.8. The van der Waals surface area contributed by atoms with Crippen molar-refractivity contribution in [3.8, 4) is 0 Å². The lowest BCUT2D eigenvalue weighted by Crippen LogP contribution is -2.64. The van der Waals surface area contributed by atoms with E-state index in [0.29, 0.717) is 6.61 Å². The summed E-state index contributed by atoms with van der Waals surface area (Å²) in [4.78, 5) is 0. The van der Waals surface area contributed by atoms with Gasteiger partial charge >= 0.3 is 0 Å². The molecule has 2 rings (SSSR count). The molecule has 2 saturated heterocycles. The first-order valence-corrected chi connectivity index (χ1v) is 16.1. The lowest BCUT2D eigenvalue weighted by molar-refractivity contribution is -0.359. The number of aliphatic hydroxyl groups is 7. The zero-order valence-corrected chi connectivity index (χ0v) is 25.0. The Kier molecular flexibility index (Phi) is 19.1. The number of rotatable bonds is 22. The van der Waals surface area contributed by atoms with Gasteiger partial charge in [-0.15, -0.1) is 0 Å². The lowest BCUT2D eigenvalue weighted by atomic mass is 9.97. The fraction of sp³-hybridized carbons (Fsp3) is 1.00. The smallest absolute Gasteiger partial charge is 0.187 e. The predicted molar refractivity (Wildman–Crippen MR) is 152 cm³/mol. The van der Waals surface area contributed by atoms with Gasteiger partial charge in [-0.25, -0.2) is 0 Å². The van der Waals surface area contributed by atoms with E-state index in [1.807, 2.05) is 0 Å². The van der Waals surface area contributed by atoms with Crippen LogP contribution in [-0.2, 0) is 18.9 Å². The van der Waals surface area contributed by atoms with E-state index in [1.165, 1.54) is 83.5 Å². The Morgan fingerprint density at radius 3 is 1.41 bits per heavy atom. The highest BCUT2D eigenvalue weighted by Gasteiger charge is 2.50. The van der Waals surface area contributed by atoms with Gasteiger partial charge in [0.05, 0.1) is 13.2 Å².